The highest BCUT2D eigenvalue weighted by molar-refractivity contribution is 5.77. The number of carbonyl (C=O) groups is 1. The smallest absolute Gasteiger partial charge is 0.223 e. The van der Waals surface area contributed by atoms with Gasteiger partial charge in [0, 0.05) is 36.4 Å². The summed E-state index contributed by atoms with van der Waals surface area (Å²) in [6.45, 7) is 3.69. The fourth-order valence-corrected chi connectivity index (χ4v) is 6.49. The summed E-state index contributed by atoms with van der Waals surface area (Å²) in [6, 6.07) is 6.61. The Morgan fingerprint density at radius 1 is 1.17 bits per heavy atom. The largest absolute Gasteiger partial charge is 0.493 e. The van der Waals surface area contributed by atoms with E-state index >= 15 is 0 Å². The van der Waals surface area contributed by atoms with E-state index in [1.807, 2.05) is 0 Å². The van der Waals surface area contributed by atoms with Crippen LogP contribution in [-0.2, 0) is 4.79 Å². The van der Waals surface area contributed by atoms with Gasteiger partial charge in [0.15, 0.2) is 6.29 Å². The minimum absolute atomic E-state index is 0.0898. The van der Waals surface area contributed by atoms with Gasteiger partial charge in [-0.05, 0) is 67.9 Å². The monoisotopic (exact) mass is 413 g/mol. The fraction of sp³-hybridized carbons (Fsp3) is 0.720. The first-order valence-electron chi connectivity index (χ1n) is 12.0. The number of amides is 1. The average molecular weight is 414 g/mol. The van der Waals surface area contributed by atoms with E-state index in [9.17, 15) is 15.0 Å². The van der Waals surface area contributed by atoms with E-state index in [0.717, 1.165) is 44.4 Å². The maximum Gasteiger partial charge on any atom is 0.223 e. The lowest BCUT2D eigenvalue weighted by molar-refractivity contribution is -0.152. The van der Waals surface area contributed by atoms with Gasteiger partial charge in [-0.1, -0.05) is 25.5 Å². The number of hydrogen-bond acceptors (Lipinski definition) is 4. The van der Waals surface area contributed by atoms with Gasteiger partial charge in [-0.25, -0.2) is 0 Å². The van der Waals surface area contributed by atoms with Crippen LogP contribution in [0.25, 0.3) is 0 Å². The lowest BCUT2D eigenvalue weighted by atomic mass is 9.70. The Hall–Kier alpha value is -1.59. The van der Waals surface area contributed by atoms with Crippen LogP contribution in [0.1, 0.15) is 81.3 Å². The fourth-order valence-electron chi connectivity index (χ4n) is 6.49. The minimum Gasteiger partial charge on any atom is -0.493 e. The van der Waals surface area contributed by atoms with Crippen LogP contribution in [0.5, 0.6) is 5.75 Å². The molecule has 3 fully saturated rings. The molecular weight excluding hydrogens is 378 g/mol. The molecule has 5 atom stereocenters. The number of hydrogen-bond donors (Lipinski definition) is 2. The first-order valence-corrected chi connectivity index (χ1v) is 12.0. The third kappa shape index (κ3) is 3.64. The highest BCUT2D eigenvalue weighted by Gasteiger charge is 2.44. The molecule has 2 aliphatic heterocycles. The summed E-state index contributed by atoms with van der Waals surface area (Å²) in [4.78, 5) is 15.5. The van der Waals surface area contributed by atoms with Gasteiger partial charge in [-0.2, -0.15) is 0 Å². The summed E-state index contributed by atoms with van der Waals surface area (Å²) < 4.78 is 6.02. The third-order valence-corrected chi connectivity index (χ3v) is 8.21. The van der Waals surface area contributed by atoms with Gasteiger partial charge in [0.1, 0.15) is 5.75 Å². The molecule has 4 aliphatic rings. The van der Waals surface area contributed by atoms with Crippen LogP contribution in [0.15, 0.2) is 18.2 Å². The van der Waals surface area contributed by atoms with Crippen molar-refractivity contribution in [1.29, 1.82) is 0 Å². The van der Waals surface area contributed by atoms with Crippen molar-refractivity contribution >= 4 is 5.91 Å². The van der Waals surface area contributed by atoms with Crippen LogP contribution in [0.4, 0.5) is 0 Å². The first kappa shape index (κ1) is 20.3. The Morgan fingerprint density at radius 2 is 2.00 bits per heavy atom. The normalized spacial score (nSPS) is 31.8. The van der Waals surface area contributed by atoms with Gasteiger partial charge >= 0.3 is 0 Å². The maximum absolute atomic E-state index is 13.4. The minimum atomic E-state index is -1.26. The van der Waals surface area contributed by atoms with Gasteiger partial charge in [0.25, 0.3) is 0 Å². The first-order chi connectivity index (χ1) is 14.5. The zero-order valence-electron chi connectivity index (χ0n) is 18.0. The van der Waals surface area contributed by atoms with Crippen LogP contribution in [0.3, 0.4) is 0 Å². The van der Waals surface area contributed by atoms with Crippen LogP contribution in [0.2, 0.25) is 0 Å². The number of fused-ring (bicyclic) bond motifs is 2. The lowest BCUT2D eigenvalue weighted by Gasteiger charge is -2.48. The van der Waals surface area contributed by atoms with Crippen molar-refractivity contribution in [1.82, 2.24) is 4.90 Å². The van der Waals surface area contributed by atoms with E-state index in [2.05, 4.69) is 30.0 Å². The molecule has 0 spiro atoms. The maximum atomic E-state index is 13.4. The SMILES string of the molecule is CC(CC(=O)N1CCCC2C(C(O)O)CCCC21)C1COc2cccc(C3CC3)c21. The predicted molar refractivity (Wildman–Crippen MR) is 114 cm³/mol. The Kier molecular flexibility index (Phi) is 5.53. The molecule has 1 saturated heterocycles. The number of aliphatic hydroxyl groups excluding tert-OH is 1. The van der Waals surface area contributed by atoms with Crippen LogP contribution < -0.4 is 4.74 Å². The molecule has 2 saturated carbocycles. The van der Waals surface area contributed by atoms with Crippen molar-refractivity contribution in [3.63, 3.8) is 0 Å². The Morgan fingerprint density at radius 3 is 2.77 bits per heavy atom. The van der Waals surface area contributed by atoms with Crippen molar-refractivity contribution in [2.45, 2.75) is 82.5 Å². The second-order valence-electron chi connectivity index (χ2n) is 10.1. The van der Waals surface area contributed by atoms with E-state index in [1.165, 1.54) is 24.0 Å². The van der Waals surface area contributed by atoms with E-state index in [4.69, 9.17) is 4.74 Å². The van der Waals surface area contributed by atoms with Gasteiger partial charge in [-0.15, -0.1) is 0 Å². The van der Waals surface area contributed by atoms with Crippen LogP contribution in [-0.4, -0.2) is 46.5 Å². The molecule has 0 aromatic heterocycles. The number of aliphatic hydroxyl groups is 2. The number of likely N-dealkylation sites (tertiary alicyclic amines) is 1. The molecule has 1 aromatic carbocycles. The third-order valence-electron chi connectivity index (χ3n) is 8.21. The number of carbonyl (C=O) groups excluding carboxylic acids is 1. The Labute approximate surface area is 179 Å². The molecule has 1 aromatic rings. The second-order valence-corrected chi connectivity index (χ2v) is 10.1. The molecule has 5 heteroatoms. The van der Waals surface area contributed by atoms with Crippen molar-refractivity contribution in [2.75, 3.05) is 13.2 Å². The number of rotatable bonds is 5. The molecule has 1 amide bonds. The predicted octanol–water partition coefficient (Wildman–Crippen LogP) is 3.78. The quantitative estimate of drug-likeness (QED) is 0.721. The highest BCUT2D eigenvalue weighted by Crippen LogP contribution is 2.50. The molecule has 5 rings (SSSR count). The summed E-state index contributed by atoms with van der Waals surface area (Å²) in [5, 5.41) is 19.7. The van der Waals surface area contributed by atoms with E-state index in [-0.39, 0.29) is 29.7 Å². The van der Waals surface area contributed by atoms with E-state index < -0.39 is 6.29 Å². The zero-order valence-corrected chi connectivity index (χ0v) is 18.0. The summed E-state index contributed by atoms with van der Waals surface area (Å²) in [5.41, 5.74) is 2.80. The summed E-state index contributed by atoms with van der Waals surface area (Å²) in [7, 11) is 0. The molecule has 30 heavy (non-hydrogen) atoms. The number of benzene rings is 1. The van der Waals surface area contributed by atoms with Crippen molar-refractivity contribution in [2.24, 2.45) is 17.8 Å². The molecule has 0 radical (unpaired) electrons. The molecule has 2 aliphatic carbocycles. The zero-order chi connectivity index (χ0) is 20.8. The van der Waals surface area contributed by atoms with Crippen LogP contribution >= 0.6 is 0 Å². The van der Waals surface area contributed by atoms with Gasteiger partial charge in [0.05, 0.1) is 6.61 Å². The molecule has 5 nitrogen and oxygen atoms in total. The standard InChI is InChI=1S/C25H35NO4/c1-15(20-14-30-22-9-3-5-17(24(20)22)16-10-11-16)13-23(27)26-12-4-7-18-19(25(28)29)6-2-8-21(18)26/h3,5,9,15-16,18-21,25,28-29H,2,4,6-8,10-14H2,1H3. The lowest BCUT2D eigenvalue weighted by Crippen LogP contribution is -2.54. The number of nitrogens with zero attached hydrogens (tertiary/aromatic N) is 1. The molecule has 2 heterocycles. The van der Waals surface area contributed by atoms with Crippen molar-refractivity contribution in [3.8, 4) is 5.75 Å². The van der Waals surface area contributed by atoms with Crippen LogP contribution in [0, 0.1) is 17.8 Å². The number of ether oxygens (including phenoxy) is 1. The highest BCUT2D eigenvalue weighted by atomic mass is 16.5. The average Bonchev–Trinajstić information content (AvgIpc) is 3.50. The second kappa shape index (κ2) is 8.16. The Bertz CT molecular complexity index is 789. The van der Waals surface area contributed by atoms with Gasteiger partial charge < -0.3 is 19.8 Å². The summed E-state index contributed by atoms with van der Waals surface area (Å²) in [5.74, 6) is 2.61. The molecule has 164 valence electrons. The van der Waals surface area contributed by atoms with E-state index in [0.29, 0.717) is 24.9 Å². The Balaban J connectivity index is 1.30. The molecular formula is C25H35NO4. The molecule has 2 N–H and O–H groups in total. The summed E-state index contributed by atoms with van der Waals surface area (Å²) in [6.07, 6.45) is 6.61. The van der Waals surface area contributed by atoms with Gasteiger partial charge in [0.2, 0.25) is 5.91 Å². The van der Waals surface area contributed by atoms with Crippen molar-refractivity contribution < 1.29 is 19.7 Å². The molecule has 5 unspecified atom stereocenters. The summed E-state index contributed by atoms with van der Waals surface area (Å²) >= 11 is 0. The van der Waals surface area contributed by atoms with Gasteiger partial charge in [-0.3, -0.25) is 4.79 Å². The topological polar surface area (TPSA) is 70.0 Å². The van der Waals surface area contributed by atoms with E-state index in [1.54, 1.807) is 0 Å². The van der Waals surface area contributed by atoms with Crippen molar-refractivity contribution in [3.05, 3.63) is 29.3 Å². The number of piperidine rings is 1. The molecule has 0 bridgehead atoms.